The van der Waals surface area contributed by atoms with E-state index in [1.165, 1.54) is 25.5 Å². The second kappa shape index (κ2) is 11.3. The largest absolute Gasteiger partial charge is 0.495 e. The maximum atomic E-state index is 13.4. The molecule has 3 aromatic carbocycles. The van der Waals surface area contributed by atoms with Gasteiger partial charge in [0.05, 0.1) is 23.9 Å². The molecule has 1 aliphatic rings. The minimum Gasteiger partial charge on any atom is -0.495 e. The van der Waals surface area contributed by atoms with Gasteiger partial charge in [0.1, 0.15) is 24.1 Å². The Morgan fingerprint density at radius 1 is 1.09 bits per heavy atom. The fourth-order valence-electron chi connectivity index (χ4n) is 3.34. The number of carbonyl (C=O) groups excluding carboxylic acids is 1. The van der Waals surface area contributed by atoms with Gasteiger partial charge in [-0.1, -0.05) is 42.5 Å². The molecular weight excluding hydrogens is 486 g/mol. The summed E-state index contributed by atoms with van der Waals surface area (Å²) in [6, 6.07) is 21.9. The molecule has 1 saturated heterocycles. The Hall–Kier alpha value is -3.50. The van der Waals surface area contributed by atoms with Crippen LogP contribution < -0.4 is 19.2 Å². The van der Waals surface area contributed by atoms with Crippen molar-refractivity contribution in [1.82, 2.24) is 5.43 Å². The number of anilines is 1. The van der Waals surface area contributed by atoms with Gasteiger partial charge in [-0.3, -0.25) is 9.10 Å². The van der Waals surface area contributed by atoms with Gasteiger partial charge in [0.2, 0.25) is 0 Å². The van der Waals surface area contributed by atoms with E-state index in [1.54, 1.807) is 42.5 Å². The number of methoxy groups -OCH3 is 1. The molecule has 0 spiro atoms. The lowest BCUT2D eigenvalue weighted by Crippen LogP contribution is -2.39. The van der Waals surface area contributed by atoms with Crippen LogP contribution in [0.3, 0.4) is 0 Å². The third kappa shape index (κ3) is 6.14. The Kier molecular flexibility index (Phi) is 7.94. The number of ether oxygens (including phenoxy) is 2. The van der Waals surface area contributed by atoms with Gasteiger partial charge in [-0.05, 0) is 42.0 Å². The first-order valence-corrected chi connectivity index (χ1v) is 13.4. The summed E-state index contributed by atoms with van der Waals surface area (Å²) in [6.07, 6.45) is 1.71. The first kappa shape index (κ1) is 24.6. The molecule has 0 aromatic heterocycles. The number of nitrogens with one attached hydrogen (secondary N) is 1. The van der Waals surface area contributed by atoms with E-state index in [0.717, 1.165) is 27.1 Å². The number of sulfonamides is 1. The van der Waals surface area contributed by atoms with E-state index in [2.05, 4.69) is 10.5 Å². The second-order valence-corrected chi connectivity index (χ2v) is 10.6. The van der Waals surface area contributed by atoms with Crippen LogP contribution in [0.15, 0.2) is 88.9 Å². The van der Waals surface area contributed by atoms with Gasteiger partial charge in [-0.15, -0.1) is 0 Å². The summed E-state index contributed by atoms with van der Waals surface area (Å²) in [7, 11) is -2.61. The van der Waals surface area contributed by atoms with Crippen molar-refractivity contribution in [1.29, 1.82) is 0 Å². The number of carbonyl (C=O) groups is 1. The van der Waals surface area contributed by atoms with Crippen LogP contribution in [0.25, 0.3) is 0 Å². The maximum absolute atomic E-state index is 13.4. The van der Waals surface area contributed by atoms with Gasteiger partial charge in [0, 0.05) is 11.5 Å². The summed E-state index contributed by atoms with van der Waals surface area (Å²) in [5.41, 5.74) is 3.41. The third-order valence-electron chi connectivity index (χ3n) is 5.14. The highest BCUT2D eigenvalue weighted by atomic mass is 32.2. The van der Waals surface area contributed by atoms with Crippen molar-refractivity contribution in [2.45, 2.75) is 11.0 Å². The number of benzene rings is 3. The molecule has 1 fully saturated rings. The second-order valence-electron chi connectivity index (χ2n) is 7.64. The summed E-state index contributed by atoms with van der Waals surface area (Å²) >= 11 is 1.84. The molecule has 1 aliphatic heterocycles. The Bertz CT molecular complexity index is 1300. The van der Waals surface area contributed by atoms with Gasteiger partial charge in [0.15, 0.2) is 0 Å². The maximum Gasteiger partial charge on any atom is 0.264 e. The molecule has 3 aromatic rings. The van der Waals surface area contributed by atoms with E-state index in [-0.39, 0.29) is 16.7 Å². The predicted molar refractivity (Wildman–Crippen MR) is 138 cm³/mol. The molecule has 0 bridgehead atoms. The smallest absolute Gasteiger partial charge is 0.264 e. The van der Waals surface area contributed by atoms with E-state index in [1.807, 2.05) is 36.0 Å². The third-order valence-corrected chi connectivity index (χ3v) is 8.13. The summed E-state index contributed by atoms with van der Waals surface area (Å²) in [4.78, 5) is 12.8. The van der Waals surface area contributed by atoms with Crippen molar-refractivity contribution in [3.8, 4) is 11.5 Å². The Balaban J connectivity index is 1.50. The zero-order chi connectivity index (χ0) is 24.7. The van der Waals surface area contributed by atoms with Crippen molar-refractivity contribution in [3.05, 3.63) is 84.4 Å². The zero-order valence-electron chi connectivity index (χ0n) is 19.0. The van der Waals surface area contributed by atoms with Crippen molar-refractivity contribution < 1.29 is 22.7 Å². The molecule has 1 N–H and O–H groups in total. The molecule has 35 heavy (non-hydrogen) atoms. The van der Waals surface area contributed by atoms with E-state index in [9.17, 15) is 13.2 Å². The fourth-order valence-corrected chi connectivity index (χ4v) is 5.36. The van der Waals surface area contributed by atoms with Crippen LogP contribution >= 0.6 is 11.8 Å². The van der Waals surface area contributed by atoms with Crippen molar-refractivity contribution in [2.24, 2.45) is 5.10 Å². The van der Waals surface area contributed by atoms with Gasteiger partial charge < -0.3 is 9.47 Å². The van der Waals surface area contributed by atoms with Gasteiger partial charge >= 0.3 is 0 Å². The number of hydrogen-bond donors (Lipinski definition) is 1. The molecule has 1 amide bonds. The van der Waals surface area contributed by atoms with Crippen molar-refractivity contribution in [3.63, 3.8) is 0 Å². The molecule has 4 rings (SSSR count). The van der Waals surface area contributed by atoms with Gasteiger partial charge in [0.25, 0.3) is 15.9 Å². The van der Waals surface area contributed by atoms with Crippen LogP contribution in [0.4, 0.5) is 5.69 Å². The van der Waals surface area contributed by atoms with E-state index >= 15 is 0 Å². The van der Waals surface area contributed by atoms with Crippen LogP contribution in [-0.4, -0.2) is 51.8 Å². The van der Waals surface area contributed by atoms with Crippen molar-refractivity contribution in [2.75, 3.05) is 29.5 Å². The van der Waals surface area contributed by atoms with E-state index < -0.39 is 22.5 Å². The van der Waals surface area contributed by atoms with Crippen LogP contribution in [0.5, 0.6) is 11.5 Å². The monoisotopic (exact) mass is 511 g/mol. The Morgan fingerprint density at radius 3 is 2.54 bits per heavy atom. The van der Waals surface area contributed by atoms with E-state index in [0.29, 0.717) is 5.75 Å². The summed E-state index contributed by atoms with van der Waals surface area (Å²) < 4.78 is 39.1. The minimum absolute atomic E-state index is 0.0592. The summed E-state index contributed by atoms with van der Waals surface area (Å²) in [5, 5.41) is 4.00. The molecule has 0 unspecified atom stereocenters. The Morgan fingerprint density at radius 2 is 1.83 bits per heavy atom. The highest BCUT2D eigenvalue weighted by molar-refractivity contribution is 8.00. The zero-order valence-corrected chi connectivity index (χ0v) is 20.7. The van der Waals surface area contributed by atoms with Gasteiger partial charge in [-0.25, -0.2) is 13.8 Å². The lowest BCUT2D eigenvalue weighted by molar-refractivity contribution is -0.119. The van der Waals surface area contributed by atoms with Crippen molar-refractivity contribution >= 4 is 39.6 Å². The molecular formula is C25H25N3O5S2. The number of amides is 1. The quantitative estimate of drug-likeness (QED) is 0.330. The highest BCUT2D eigenvalue weighted by Gasteiger charge is 2.29. The van der Waals surface area contributed by atoms with Gasteiger partial charge in [-0.2, -0.15) is 16.9 Å². The molecule has 0 saturated carbocycles. The normalized spacial score (nSPS) is 13.7. The standard InChI is InChI=1S/C25H25N3O5S2/c1-32-24-13-6-5-12-23(24)28(35(30,31)22-10-3-2-4-11-22)16-25(29)27-26-15-19-8-7-9-20(14-19)33-21-17-34-18-21/h2-15,21H,16-18H2,1H3,(H,27,29)/b26-15-. The van der Waals surface area contributed by atoms with E-state index in [4.69, 9.17) is 9.47 Å². The predicted octanol–water partition coefficient (Wildman–Crippen LogP) is 3.54. The average Bonchev–Trinajstić information content (AvgIpc) is 2.85. The van der Waals surface area contributed by atoms with Crippen LogP contribution in [-0.2, 0) is 14.8 Å². The topological polar surface area (TPSA) is 97.3 Å². The van der Waals surface area contributed by atoms with Crippen LogP contribution in [0.2, 0.25) is 0 Å². The first-order valence-electron chi connectivity index (χ1n) is 10.8. The SMILES string of the molecule is COc1ccccc1N(CC(=O)N/N=C\c1cccc(OC2CSC2)c1)S(=O)(=O)c1ccccc1. The molecule has 10 heteroatoms. The lowest BCUT2D eigenvalue weighted by Gasteiger charge is -2.25. The van der Waals surface area contributed by atoms with Crippen LogP contribution in [0.1, 0.15) is 5.56 Å². The highest BCUT2D eigenvalue weighted by Crippen LogP contribution is 2.32. The fraction of sp³-hybridized carbons (Fsp3) is 0.200. The number of hydrazone groups is 1. The minimum atomic E-state index is -4.05. The number of hydrogen-bond acceptors (Lipinski definition) is 7. The molecule has 0 radical (unpaired) electrons. The first-order chi connectivity index (χ1) is 17.0. The molecule has 1 heterocycles. The number of nitrogens with zero attached hydrogens (tertiary/aromatic N) is 2. The molecule has 0 aliphatic carbocycles. The lowest BCUT2D eigenvalue weighted by atomic mass is 10.2. The number of rotatable bonds is 10. The number of para-hydroxylation sites is 2. The molecule has 0 atom stereocenters. The van der Waals surface area contributed by atoms with Crippen LogP contribution in [0, 0.1) is 0 Å². The Labute approximate surface area is 209 Å². The summed E-state index contributed by atoms with van der Waals surface area (Å²) in [5.74, 6) is 2.41. The summed E-state index contributed by atoms with van der Waals surface area (Å²) in [6.45, 7) is -0.489. The molecule has 182 valence electrons. The number of thioether (sulfide) groups is 1. The average molecular weight is 512 g/mol. The molecule has 8 nitrogen and oxygen atoms in total.